The highest BCUT2D eigenvalue weighted by Gasteiger charge is 2.22. The van der Waals surface area contributed by atoms with Gasteiger partial charge in [0.05, 0.1) is 21.3 Å². The molecule has 1 aromatic rings. The summed E-state index contributed by atoms with van der Waals surface area (Å²) in [5.41, 5.74) is 0.438. The standard InChI is InChI=1S/C18H23NO11/c1-10(28-16(22)25-2)9-19-12(15(20)21)7-11-5-6-13(29-17(23)26-3)14(8-11)30-18(24)27-4/h5-6,8,10,12,19H,7,9H2,1-4H3,(H,20,21)/t10?,12-/m0/s1. The van der Waals surface area contributed by atoms with Crippen LogP contribution in [0.5, 0.6) is 11.5 Å². The van der Waals surface area contributed by atoms with Crippen molar-refractivity contribution in [3.8, 4) is 11.5 Å². The average Bonchev–Trinajstić information content (AvgIpc) is 2.71. The Morgan fingerprint density at radius 1 is 0.933 bits per heavy atom. The Morgan fingerprint density at radius 3 is 2.03 bits per heavy atom. The first-order chi connectivity index (χ1) is 14.2. The van der Waals surface area contributed by atoms with Gasteiger partial charge in [-0.15, -0.1) is 0 Å². The van der Waals surface area contributed by atoms with E-state index in [9.17, 15) is 24.3 Å². The highest BCUT2D eigenvalue weighted by atomic mass is 16.7. The molecule has 30 heavy (non-hydrogen) atoms. The van der Waals surface area contributed by atoms with Gasteiger partial charge in [-0.3, -0.25) is 4.79 Å². The fourth-order valence-corrected chi connectivity index (χ4v) is 2.15. The number of carbonyl (C=O) groups is 4. The lowest BCUT2D eigenvalue weighted by Gasteiger charge is -2.18. The molecule has 0 aliphatic rings. The number of hydrogen-bond donors (Lipinski definition) is 2. The summed E-state index contributed by atoms with van der Waals surface area (Å²) in [6.07, 6.45) is -3.67. The molecule has 0 heterocycles. The van der Waals surface area contributed by atoms with Crippen LogP contribution in [0.1, 0.15) is 12.5 Å². The smallest absolute Gasteiger partial charge is 0.480 e. The van der Waals surface area contributed by atoms with Gasteiger partial charge in [-0.1, -0.05) is 6.07 Å². The molecule has 0 aliphatic heterocycles. The molecule has 2 N–H and O–H groups in total. The fraction of sp³-hybridized carbons (Fsp3) is 0.444. The van der Waals surface area contributed by atoms with Gasteiger partial charge in [0.1, 0.15) is 12.1 Å². The number of hydrogen-bond acceptors (Lipinski definition) is 11. The molecule has 0 fully saturated rings. The van der Waals surface area contributed by atoms with Crippen LogP contribution in [-0.4, -0.2) is 69.6 Å². The summed E-state index contributed by atoms with van der Waals surface area (Å²) in [5, 5.41) is 12.2. The predicted octanol–water partition coefficient (Wildman–Crippen LogP) is 1.73. The van der Waals surface area contributed by atoms with Crippen LogP contribution < -0.4 is 14.8 Å². The number of methoxy groups -OCH3 is 3. The maximum atomic E-state index is 11.6. The zero-order chi connectivity index (χ0) is 22.7. The Balaban J connectivity index is 2.94. The van der Waals surface area contributed by atoms with Crippen LogP contribution in [0, 0.1) is 0 Å². The maximum absolute atomic E-state index is 11.6. The van der Waals surface area contributed by atoms with Crippen molar-refractivity contribution in [3.05, 3.63) is 23.8 Å². The number of rotatable bonds is 9. The zero-order valence-electron chi connectivity index (χ0n) is 16.8. The van der Waals surface area contributed by atoms with E-state index in [0.29, 0.717) is 5.56 Å². The SMILES string of the molecule is COC(=O)Oc1ccc(C[C@H](NCC(C)OC(=O)OC)C(=O)O)cc1OC(=O)OC. The van der Waals surface area contributed by atoms with Crippen molar-refractivity contribution < 1.29 is 52.7 Å². The van der Waals surface area contributed by atoms with E-state index in [1.165, 1.54) is 18.2 Å². The first-order valence-electron chi connectivity index (χ1n) is 8.55. The molecule has 0 bridgehead atoms. The molecule has 12 nitrogen and oxygen atoms in total. The Kier molecular flexibility index (Phi) is 9.89. The average molecular weight is 429 g/mol. The second-order valence-electron chi connectivity index (χ2n) is 5.78. The van der Waals surface area contributed by atoms with Crippen molar-refractivity contribution in [2.24, 2.45) is 0 Å². The summed E-state index contributed by atoms with van der Waals surface area (Å²) in [4.78, 5) is 45.4. The van der Waals surface area contributed by atoms with E-state index in [-0.39, 0.29) is 24.5 Å². The molecule has 1 rings (SSSR count). The van der Waals surface area contributed by atoms with Crippen molar-refractivity contribution in [2.45, 2.75) is 25.5 Å². The van der Waals surface area contributed by atoms with Gasteiger partial charge < -0.3 is 38.8 Å². The minimum Gasteiger partial charge on any atom is -0.480 e. The molecular formula is C18H23NO11. The van der Waals surface area contributed by atoms with Crippen molar-refractivity contribution in [2.75, 3.05) is 27.9 Å². The number of nitrogens with one attached hydrogen (secondary N) is 1. The van der Waals surface area contributed by atoms with Gasteiger partial charge in [-0.2, -0.15) is 0 Å². The lowest BCUT2D eigenvalue weighted by molar-refractivity contribution is -0.139. The third kappa shape index (κ3) is 8.22. The fourth-order valence-electron chi connectivity index (χ4n) is 2.15. The van der Waals surface area contributed by atoms with Gasteiger partial charge in [0, 0.05) is 6.54 Å². The van der Waals surface area contributed by atoms with Gasteiger partial charge in [-0.25, -0.2) is 14.4 Å². The number of ether oxygens (including phenoxy) is 6. The summed E-state index contributed by atoms with van der Waals surface area (Å²) in [6.45, 7) is 1.60. The van der Waals surface area contributed by atoms with E-state index in [1.807, 2.05) is 0 Å². The molecule has 0 radical (unpaired) electrons. The minimum absolute atomic E-state index is 0.0314. The third-order valence-electron chi connectivity index (χ3n) is 3.58. The molecule has 1 unspecified atom stereocenters. The monoisotopic (exact) mass is 429 g/mol. The minimum atomic E-state index is -1.16. The Hall–Kier alpha value is -3.54. The Morgan fingerprint density at radius 2 is 1.50 bits per heavy atom. The van der Waals surface area contributed by atoms with Crippen LogP contribution in [0.2, 0.25) is 0 Å². The van der Waals surface area contributed by atoms with Crippen molar-refractivity contribution in [1.29, 1.82) is 0 Å². The number of benzene rings is 1. The molecule has 0 saturated carbocycles. The van der Waals surface area contributed by atoms with E-state index in [0.717, 1.165) is 21.3 Å². The highest BCUT2D eigenvalue weighted by Crippen LogP contribution is 2.29. The van der Waals surface area contributed by atoms with E-state index >= 15 is 0 Å². The third-order valence-corrected chi connectivity index (χ3v) is 3.58. The summed E-state index contributed by atoms with van der Waals surface area (Å²) in [7, 11) is 3.35. The quantitative estimate of drug-likeness (QED) is 0.333. The van der Waals surface area contributed by atoms with Crippen LogP contribution in [0.25, 0.3) is 0 Å². The molecule has 2 atom stereocenters. The molecule has 0 aromatic heterocycles. The molecule has 1 aromatic carbocycles. The van der Waals surface area contributed by atoms with Crippen LogP contribution >= 0.6 is 0 Å². The van der Waals surface area contributed by atoms with Crippen molar-refractivity contribution >= 4 is 24.4 Å². The van der Waals surface area contributed by atoms with Crippen molar-refractivity contribution in [1.82, 2.24) is 5.32 Å². The van der Waals surface area contributed by atoms with E-state index < -0.39 is 36.6 Å². The van der Waals surface area contributed by atoms with Crippen molar-refractivity contribution in [3.63, 3.8) is 0 Å². The van der Waals surface area contributed by atoms with Gasteiger partial charge >= 0.3 is 24.4 Å². The molecule has 12 heteroatoms. The number of aliphatic carboxylic acids is 1. The van der Waals surface area contributed by atoms with Crippen LogP contribution in [0.4, 0.5) is 14.4 Å². The first-order valence-corrected chi connectivity index (χ1v) is 8.55. The molecule has 166 valence electrons. The van der Waals surface area contributed by atoms with Gasteiger partial charge in [0.2, 0.25) is 0 Å². The second-order valence-corrected chi connectivity index (χ2v) is 5.78. The Labute approximate surface area is 171 Å². The number of carbonyl (C=O) groups excluding carboxylic acids is 3. The Bertz CT molecular complexity index is 764. The van der Waals surface area contributed by atoms with Crippen LogP contribution in [0.3, 0.4) is 0 Å². The molecule has 0 spiro atoms. The summed E-state index contributed by atoms with van der Waals surface area (Å²) < 4.78 is 27.9. The number of carboxylic acid groups (broad SMARTS) is 1. The van der Waals surface area contributed by atoms with Crippen LogP contribution in [0.15, 0.2) is 18.2 Å². The molecular weight excluding hydrogens is 406 g/mol. The van der Waals surface area contributed by atoms with Gasteiger partial charge in [0.25, 0.3) is 0 Å². The molecule has 0 aliphatic carbocycles. The van der Waals surface area contributed by atoms with E-state index in [1.54, 1.807) is 6.92 Å². The van der Waals surface area contributed by atoms with E-state index in [4.69, 9.17) is 14.2 Å². The molecule has 0 amide bonds. The topological polar surface area (TPSA) is 156 Å². The molecule has 0 saturated heterocycles. The van der Waals surface area contributed by atoms with E-state index in [2.05, 4.69) is 19.5 Å². The number of carboxylic acids is 1. The summed E-state index contributed by atoms with van der Waals surface area (Å²) in [5.74, 6) is -1.46. The van der Waals surface area contributed by atoms with Gasteiger partial charge in [0.15, 0.2) is 11.5 Å². The predicted molar refractivity (Wildman–Crippen MR) is 98.6 cm³/mol. The summed E-state index contributed by atoms with van der Waals surface area (Å²) >= 11 is 0. The lowest BCUT2D eigenvalue weighted by atomic mass is 10.0. The lowest BCUT2D eigenvalue weighted by Crippen LogP contribution is -2.42. The maximum Gasteiger partial charge on any atom is 0.513 e. The second kappa shape index (κ2) is 12.1. The van der Waals surface area contributed by atoms with Crippen LogP contribution in [-0.2, 0) is 30.2 Å². The first kappa shape index (κ1) is 24.5. The zero-order valence-corrected chi connectivity index (χ0v) is 16.8. The largest absolute Gasteiger partial charge is 0.513 e. The van der Waals surface area contributed by atoms with Gasteiger partial charge in [-0.05, 0) is 31.0 Å². The normalized spacial score (nSPS) is 12.1. The summed E-state index contributed by atoms with van der Waals surface area (Å²) in [6, 6.07) is 3.05. The highest BCUT2D eigenvalue weighted by molar-refractivity contribution is 5.74.